The Kier molecular flexibility index (Phi) is 4.49. The van der Waals surface area contributed by atoms with Gasteiger partial charge in [-0.3, -0.25) is 0 Å². The smallest absolute Gasteiger partial charge is 0.279 e. The fourth-order valence-electron chi connectivity index (χ4n) is 1.84. The van der Waals surface area contributed by atoms with Crippen LogP contribution in [0.5, 0.6) is 0 Å². The van der Waals surface area contributed by atoms with Crippen LogP contribution >= 0.6 is 0 Å². The highest BCUT2D eigenvalue weighted by molar-refractivity contribution is 5.27. The first-order valence-electron chi connectivity index (χ1n) is 6.38. The third-order valence-corrected chi connectivity index (χ3v) is 3.32. The van der Waals surface area contributed by atoms with Gasteiger partial charge >= 0.3 is 0 Å². The van der Waals surface area contributed by atoms with Crippen LogP contribution in [0.25, 0.3) is 0 Å². The second kappa shape index (κ2) is 5.35. The van der Waals surface area contributed by atoms with Crippen molar-refractivity contribution >= 4 is 0 Å². The molecule has 0 saturated heterocycles. The Morgan fingerprint density at radius 3 is 2.00 bits per heavy atom. The van der Waals surface area contributed by atoms with Gasteiger partial charge in [-0.25, -0.2) is 8.78 Å². The Morgan fingerprint density at radius 1 is 1.11 bits per heavy atom. The highest BCUT2D eigenvalue weighted by Crippen LogP contribution is 2.44. The first-order chi connectivity index (χ1) is 8.20. The highest BCUT2D eigenvalue weighted by Gasteiger charge is 2.46. The molecule has 18 heavy (non-hydrogen) atoms. The normalized spacial score (nSPS) is 13.1. The number of halogens is 2. The zero-order valence-corrected chi connectivity index (χ0v) is 11.6. The number of hydrogen-bond donors (Lipinski definition) is 1. The van der Waals surface area contributed by atoms with E-state index in [9.17, 15) is 8.78 Å². The van der Waals surface area contributed by atoms with Crippen molar-refractivity contribution in [2.75, 3.05) is 6.54 Å². The molecule has 0 aromatic heterocycles. The quantitative estimate of drug-likeness (QED) is 0.846. The summed E-state index contributed by atoms with van der Waals surface area (Å²) in [7, 11) is 0. The van der Waals surface area contributed by atoms with Gasteiger partial charge in [-0.15, -0.1) is 0 Å². The molecule has 1 aromatic rings. The maximum atomic E-state index is 14.2. The summed E-state index contributed by atoms with van der Waals surface area (Å²) in [6.45, 7) is 7.16. The topological polar surface area (TPSA) is 26.0 Å². The van der Waals surface area contributed by atoms with Gasteiger partial charge in [0.25, 0.3) is 5.92 Å². The van der Waals surface area contributed by atoms with Crippen molar-refractivity contribution in [3.8, 4) is 0 Å². The average molecular weight is 255 g/mol. The van der Waals surface area contributed by atoms with Crippen LogP contribution in [-0.4, -0.2) is 6.54 Å². The van der Waals surface area contributed by atoms with Crippen molar-refractivity contribution in [2.45, 2.75) is 40.0 Å². The first-order valence-corrected chi connectivity index (χ1v) is 6.38. The van der Waals surface area contributed by atoms with Gasteiger partial charge in [-0.05, 0) is 17.9 Å². The third kappa shape index (κ3) is 3.08. The standard InChI is InChI=1S/C15H23F2N/c1-11(2)9-12-5-7-13(8-6-12)15(16,17)14(3,4)10-18/h5-8,11H,9-10,18H2,1-4H3. The Balaban J connectivity index is 2.97. The van der Waals surface area contributed by atoms with Crippen LogP contribution < -0.4 is 5.73 Å². The minimum atomic E-state index is -2.90. The molecule has 0 aliphatic heterocycles. The summed E-state index contributed by atoms with van der Waals surface area (Å²) in [5, 5.41) is 0. The summed E-state index contributed by atoms with van der Waals surface area (Å²) < 4.78 is 28.5. The van der Waals surface area contributed by atoms with Crippen molar-refractivity contribution in [3.05, 3.63) is 35.4 Å². The molecular weight excluding hydrogens is 232 g/mol. The second-order valence-electron chi connectivity index (χ2n) is 5.96. The molecule has 0 aliphatic carbocycles. The van der Waals surface area contributed by atoms with Gasteiger partial charge in [-0.2, -0.15) is 0 Å². The van der Waals surface area contributed by atoms with Crippen LogP contribution in [0, 0.1) is 11.3 Å². The van der Waals surface area contributed by atoms with Crippen molar-refractivity contribution in [1.29, 1.82) is 0 Å². The minimum Gasteiger partial charge on any atom is -0.330 e. The van der Waals surface area contributed by atoms with Gasteiger partial charge in [0.15, 0.2) is 0 Å². The predicted molar refractivity (Wildman–Crippen MR) is 71.7 cm³/mol. The Morgan fingerprint density at radius 2 is 1.61 bits per heavy atom. The molecule has 2 N–H and O–H groups in total. The summed E-state index contributed by atoms with van der Waals surface area (Å²) in [5.41, 5.74) is 5.36. The van der Waals surface area contributed by atoms with E-state index in [0.717, 1.165) is 12.0 Å². The lowest BCUT2D eigenvalue weighted by atomic mass is 9.81. The van der Waals surface area contributed by atoms with Crippen molar-refractivity contribution in [1.82, 2.24) is 0 Å². The Hall–Kier alpha value is -0.960. The molecule has 1 aromatic carbocycles. The molecular formula is C15H23F2N. The van der Waals surface area contributed by atoms with Crippen LogP contribution in [0.1, 0.15) is 38.8 Å². The molecule has 1 rings (SSSR count). The van der Waals surface area contributed by atoms with E-state index in [1.807, 2.05) is 0 Å². The minimum absolute atomic E-state index is 0.0467. The molecule has 0 bridgehead atoms. The molecule has 102 valence electrons. The van der Waals surface area contributed by atoms with Gasteiger partial charge in [0.05, 0.1) is 0 Å². The lowest BCUT2D eigenvalue weighted by Crippen LogP contribution is -2.40. The third-order valence-electron chi connectivity index (χ3n) is 3.32. The van der Waals surface area contributed by atoms with Crippen LogP contribution in [0.2, 0.25) is 0 Å². The summed E-state index contributed by atoms with van der Waals surface area (Å²) in [6.07, 6.45) is 0.909. The number of alkyl halides is 2. The molecule has 0 heterocycles. The number of hydrogen-bond acceptors (Lipinski definition) is 1. The van der Waals surface area contributed by atoms with Crippen molar-refractivity contribution in [2.24, 2.45) is 17.1 Å². The number of rotatable bonds is 5. The molecule has 0 unspecified atom stereocenters. The van der Waals surface area contributed by atoms with Crippen molar-refractivity contribution < 1.29 is 8.78 Å². The molecule has 3 heteroatoms. The number of benzene rings is 1. The van der Waals surface area contributed by atoms with Crippen LogP contribution in [0.15, 0.2) is 24.3 Å². The maximum absolute atomic E-state index is 14.2. The van der Waals surface area contributed by atoms with E-state index in [2.05, 4.69) is 13.8 Å². The summed E-state index contributed by atoms with van der Waals surface area (Å²) >= 11 is 0. The van der Waals surface area contributed by atoms with Gasteiger partial charge < -0.3 is 5.73 Å². The Labute approximate surface area is 108 Å². The van der Waals surface area contributed by atoms with E-state index in [0.29, 0.717) is 5.92 Å². The fourth-order valence-corrected chi connectivity index (χ4v) is 1.84. The van der Waals surface area contributed by atoms with E-state index in [4.69, 9.17) is 5.73 Å². The Bertz CT molecular complexity index is 380. The van der Waals surface area contributed by atoms with E-state index >= 15 is 0 Å². The van der Waals surface area contributed by atoms with Gasteiger partial charge in [0.1, 0.15) is 0 Å². The monoisotopic (exact) mass is 255 g/mol. The van der Waals surface area contributed by atoms with Crippen molar-refractivity contribution in [3.63, 3.8) is 0 Å². The van der Waals surface area contributed by atoms with E-state index in [1.54, 1.807) is 12.1 Å². The molecule has 0 atom stereocenters. The van der Waals surface area contributed by atoms with Gasteiger partial charge in [0, 0.05) is 17.5 Å². The summed E-state index contributed by atoms with van der Waals surface area (Å²) in [6, 6.07) is 6.62. The molecule has 0 fully saturated rings. The van der Waals surface area contributed by atoms with E-state index < -0.39 is 11.3 Å². The number of nitrogens with two attached hydrogens (primary N) is 1. The lowest BCUT2D eigenvalue weighted by molar-refractivity contribution is -0.108. The van der Waals surface area contributed by atoms with Crippen LogP contribution in [0.3, 0.4) is 0 Å². The maximum Gasteiger partial charge on any atom is 0.279 e. The van der Waals surface area contributed by atoms with Gasteiger partial charge in [0.2, 0.25) is 0 Å². The fraction of sp³-hybridized carbons (Fsp3) is 0.600. The van der Waals surface area contributed by atoms with E-state index in [-0.39, 0.29) is 12.1 Å². The molecule has 0 spiro atoms. The average Bonchev–Trinajstić information content (AvgIpc) is 2.28. The van der Waals surface area contributed by atoms with Crippen LogP contribution in [-0.2, 0) is 12.3 Å². The second-order valence-corrected chi connectivity index (χ2v) is 5.96. The molecule has 0 radical (unpaired) electrons. The summed E-state index contributed by atoms with van der Waals surface area (Å²) in [4.78, 5) is 0. The SMILES string of the molecule is CC(C)Cc1ccc(C(F)(F)C(C)(C)CN)cc1. The largest absolute Gasteiger partial charge is 0.330 e. The zero-order valence-electron chi connectivity index (χ0n) is 11.6. The zero-order chi connectivity index (χ0) is 14.0. The first kappa shape index (κ1) is 15.1. The molecule has 1 nitrogen and oxygen atoms in total. The van der Waals surface area contributed by atoms with Gasteiger partial charge in [-0.1, -0.05) is 52.0 Å². The molecule has 0 amide bonds. The van der Waals surface area contributed by atoms with E-state index in [1.165, 1.54) is 26.0 Å². The lowest BCUT2D eigenvalue weighted by Gasteiger charge is -2.33. The molecule has 0 aliphatic rings. The highest BCUT2D eigenvalue weighted by atomic mass is 19.3. The molecule has 0 saturated carbocycles. The summed E-state index contributed by atoms with van der Waals surface area (Å²) in [5.74, 6) is -2.38. The predicted octanol–water partition coefficient (Wildman–Crippen LogP) is 3.96. The van der Waals surface area contributed by atoms with Crippen LogP contribution in [0.4, 0.5) is 8.78 Å².